The fraction of sp³-hybridized carbons (Fsp3) is 0.0833. The van der Waals surface area contributed by atoms with Crippen molar-refractivity contribution in [3.63, 3.8) is 0 Å². The summed E-state index contributed by atoms with van der Waals surface area (Å²) >= 11 is 7.90. The molecule has 1 aromatic heterocycles. The second-order valence-corrected chi connectivity index (χ2v) is 5.23. The van der Waals surface area contributed by atoms with Gasteiger partial charge in [0.25, 0.3) is 5.56 Å². The third-order valence-corrected chi connectivity index (χ3v) is 3.17. The first-order chi connectivity index (χ1) is 8.06. The van der Waals surface area contributed by atoms with Crippen LogP contribution in [0.5, 0.6) is 0 Å². The number of rotatable bonds is 2. The van der Waals surface area contributed by atoms with Gasteiger partial charge in [0.15, 0.2) is 0 Å². The first-order valence-corrected chi connectivity index (χ1v) is 6.32. The van der Waals surface area contributed by atoms with Crippen molar-refractivity contribution in [3.05, 3.63) is 66.9 Å². The predicted octanol–water partition coefficient (Wildman–Crippen LogP) is 3.29. The number of benzene rings is 1. The van der Waals surface area contributed by atoms with Crippen LogP contribution in [-0.4, -0.2) is 4.57 Å². The fourth-order valence-corrected chi connectivity index (χ4v) is 2.18. The summed E-state index contributed by atoms with van der Waals surface area (Å²) in [5, 5.41) is 0.458. The maximum atomic E-state index is 13.5. The number of aromatic nitrogens is 1. The van der Waals surface area contributed by atoms with Crippen LogP contribution in [0.25, 0.3) is 0 Å². The highest BCUT2D eigenvalue weighted by molar-refractivity contribution is 14.1. The number of hydrogen-bond acceptors (Lipinski definition) is 1. The second-order valence-electron chi connectivity index (χ2n) is 3.55. The highest BCUT2D eigenvalue weighted by atomic mass is 127. The third-order valence-electron chi connectivity index (χ3n) is 2.30. The molecule has 5 heteroatoms. The number of nitrogens with zero attached hydrogens (tertiary/aromatic N) is 1. The lowest BCUT2D eigenvalue weighted by Crippen LogP contribution is -2.19. The molecule has 0 fully saturated rings. The smallest absolute Gasteiger partial charge is 0.250 e. The average Bonchev–Trinajstić information content (AvgIpc) is 2.28. The summed E-state index contributed by atoms with van der Waals surface area (Å²) in [7, 11) is 0. The Morgan fingerprint density at radius 3 is 2.82 bits per heavy atom. The minimum atomic E-state index is -0.361. The minimum Gasteiger partial charge on any atom is -0.310 e. The Balaban J connectivity index is 2.41. The van der Waals surface area contributed by atoms with Gasteiger partial charge in [0.2, 0.25) is 0 Å². The van der Waals surface area contributed by atoms with E-state index in [4.69, 9.17) is 11.6 Å². The van der Waals surface area contributed by atoms with E-state index in [0.29, 0.717) is 10.6 Å². The van der Waals surface area contributed by atoms with Crippen LogP contribution < -0.4 is 5.56 Å². The van der Waals surface area contributed by atoms with E-state index in [-0.39, 0.29) is 17.9 Å². The molecule has 0 aliphatic heterocycles. The maximum absolute atomic E-state index is 13.5. The Hall–Kier alpha value is -0.880. The van der Waals surface area contributed by atoms with Crippen molar-refractivity contribution in [2.24, 2.45) is 0 Å². The van der Waals surface area contributed by atoms with Gasteiger partial charge in [-0.3, -0.25) is 4.79 Å². The molecular weight excluding hydrogens is 355 g/mol. The second kappa shape index (κ2) is 5.18. The van der Waals surface area contributed by atoms with Crippen molar-refractivity contribution >= 4 is 34.2 Å². The molecule has 2 nitrogen and oxygen atoms in total. The van der Waals surface area contributed by atoms with E-state index in [2.05, 4.69) is 22.6 Å². The molecule has 0 atom stereocenters. The Bertz CT molecular complexity index is 612. The standard InChI is InChI=1S/C12H8ClFINO/c13-9-1-3-11(14)8(5-9)6-16-7-10(15)2-4-12(16)17/h1-5,7H,6H2. The maximum Gasteiger partial charge on any atom is 0.250 e. The summed E-state index contributed by atoms with van der Waals surface area (Å²) in [6.07, 6.45) is 1.68. The lowest BCUT2D eigenvalue weighted by molar-refractivity contribution is 0.596. The first-order valence-electron chi connectivity index (χ1n) is 4.86. The van der Waals surface area contributed by atoms with Crippen molar-refractivity contribution in [1.82, 2.24) is 4.57 Å². The number of halogens is 3. The van der Waals surface area contributed by atoms with Crippen LogP contribution in [0.15, 0.2) is 41.3 Å². The average molecular weight is 364 g/mol. The highest BCUT2D eigenvalue weighted by Gasteiger charge is 2.05. The first kappa shape index (κ1) is 12.6. The van der Waals surface area contributed by atoms with Crippen molar-refractivity contribution in [1.29, 1.82) is 0 Å². The molecule has 0 spiro atoms. The highest BCUT2D eigenvalue weighted by Crippen LogP contribution is 2.15. The van der Waals surface area contributed by atoms with Gasteiger partial charge in [0, 0.05) is 26.4 Å². The zero-order chi connectivity index (χ0) is 12.4. The van der Waals surface area contributed by atoms with Gasteiger partial charge in [-0.25, -0.2) is 4.39 Å². The van der Waals surface area contributed by atoms with Gasteiger partial charge >= 0.3 is 0 Å². The SMILES string of the molecule is O=c1ccc(I)cn1Cc1cc(Cl)ccc1F. The van der Waals surface area contributed by atoms with Crippen LogP contribution in [0.2, 0.25) is 5.02 Å². The van der Waals surface area contributed by atoms with Crippen LogP contribution in [0.1, 0.15) is 5.56 Å². The third kappa shape index (κ3) is 3.07. The van der Waals surface area contributed by atoms with Crippen LogP contribution in [0.3, 0.4) is 0 Å². The summed E-state index contributed by atoms with van der Waals surface area (Å²) in [5.41, 5.74) is 0.242. The van der Waals surface area contributed by atoms with Crippen LogP contribution in [0.4, 0.5) is 4.39 Å². The zero-order valence-corrected chi connectivity index (χ0v) is 11.6. The van der Waals surface area contributed by atoms with Crippen LogP contribution in [0, 0.1) is 9.39 Å². The molecule has 0 aliphatic rings. The van der Waals surface area contributed by atoms with Gasteiger partial charge in [0.1, 0.15) is 5.82 Å². The van der Waals surface area contributed by atoms with Gasteiger partial charge in [-0.15, -0.1) is 0 Å². The molecular formula is C12H8ClFINO. The van der Waals surface area contributed by atoms with Crippen molar-refractivity contribution < 1.29 is 4.39 Å². The molecule has 0 amide bonds. The van der Waals surface area contributed by atoms with E-state index in [1.807, 2.05) is 0 Å². The molecule has 0 aliphatic carbocycles. The number of pyridine rings is 1. The molecule has 0 N–H and O–H groups in total. The minimum absolute atomic E-state index is 0.162. The van der Waals surface area contributed by atoms with Gasteiger partial charge in [-0.1, -0.05) is 11.6 Å². The molecule has 88 valence electrons. The van der Waals surface area contributed by atoms with E-state index in [1.165, 1.54) is 28.8 Å². The van der Waals surface area contributed by atoms with Crippen LogP contribution in [-0.2, 0) is 6.54 Å². The quantitative estimate of drug-likeness (QED) is 0.751. The molecule has 1 aromatic carbocycles. The lowest BCUT2D eigenvalue weighted by Gasteiger charge is -2.07. The fourth-order valence-electron chi connectivity index (χ4n) is 1.47. The monoisotopic (exact) mass is 363 g/mol. The normalized spacial score (nSPS) is 10.5. The molecule has 1 heterocycles. The molecule has 0 bridgehead atoms. The van der Waals surface area contributed by atoms with E-state index < -0.39 is 0 Å². The zero-order valence-electron chi connectivity index (χ0n) is 8.66. The van der Waals surface area contributed by atoms with E-state index in [9.17, 15) is 9.18 Å². The molecule has 0 saturated carbocycles. The summed E-state index contributed by atoms with van der Waals surface area (Å²) in [6.45, 7) is 0.183. The topological polar surface area (TPSA) is 22.0 Å². The van der Waals surface area contributed by atoms with Gasteiger partial charge in [-0.2, -0.15) is 0 Å². The Labute approximate surface area is 116 Å². The van der Waals surface area contributed by atoms with E-state index in [1.54, 1.807) is 12.3 Å². The van der Waals surface area contributed by atoms with E-state index in [0.717, 1.165) is 3.57 Å². The predicted molar refractivity (Wildman–Crippen MR) is 73.9 cm³/mol. The molecule has 0 radical (unpaired) electrons. The Morgan fingerprint density at radius 1 is 1.29 bits per heavy atom. The Kier molecular flexibility index (Phi) is 3.83. The molecule has 0 saturated heterocycles. The van der Waals surface area contributed by atoms with E-state index >= 15 is 0 Å². The van der Waals surface area contributed by atoms with Crippen molar-refractivity contribution in [2.45, 2.75) is 6.54 Å². The Morgan fingerprint density at radius 2 is 2.06 bits per heavy atom. The van der Waals surface area contributed by atoms with Gasteiger partial charge in [-0.05, 0) is 46.9 Å². The molecule has 2 aromatic rings. The largest absolute Gasteiger partial charge is 0.310 e. The lowest BCUT2D eigenvalue weighted by atomic mass is 10.2. The van der Waals surface area contributed by atoms with Gasteiger partial charge in [0.05, 0.1) is 6.54 Å². The van der Waals surface area contributed by atoms with Crippen molar-refractivity contribution in [3.8, 4) is 0 Å². The summed E-state index contributed by atoms with van der Waals surface area (Å²) in [5.74, 6) is -0.361. The molecule has 2 rings (SSSR count). The summed E-state index contributed by atoms with van der Waals surface area (Å²) in [6, 6.07) is 7.50. The molecule has 0 unspecified atom stereocenters. The summed E-state index contributed by atoms with van der Waals surface area (Å²) < 4.78 is 15.9. The van der Waals surface area contributed by atoms with Gasteiger partial charge < -0.3 is 4.57 Å². The van der Waals surface area contributed by atoms with Crippen LogP contribution >= 0.6 is 34.2 Å². The molecule has 17 heavy (non-hydrogen) atoms. The summed E-state index contributed by atoms with van der Waals surface area (Å²) in [4.78, 5) is 11.6. The van der Waals surface area contributed by atoms with Crippen molar-refractivity contribution in [2.75, 3.05) is 0 Å². The number of hydrogen-bond donors (Lipinski definition) is 0.